The highest BCUT2D eigenvalue weighted by Crippen LogP contribution is 2.40. The maximum atomic E-state index is 10.7. The van der Waals surface area contributed by atoms with Gasteiger partial charge in [-0.1, -0.05) is 12.8 Å². The van der Waals surface area contributed by atoms with Gasteiger partial charge in [-0.25, -0.2) is 0 Å². The first kappa shape index (κ1) is 13.5. The molecule has 1 saturated heterocycles. The highest BCUT2D eigenvalue weighted by Gasteiger charge is 2.42. The molecule has 0 aromatic carbocycles. The molecular weight excluding hydrogens is 304 g/mol. The number of aliphatic hydroxyl groups is 1. The zero-order valence-corrected chi connectivity index (χ0v) is 12.8. The van der Waals surface area contributed by atoms with Crippen molar-refractivity contribution in [1.82, 2.24) is 9.88 Å². The molecule has 1 aromatic heterocycles. The Morgan fingerprint density at radius 1 is 1.37 bits per heavy atom. The van der Waals surface area contributed by atoms with E-state index in [9.17, 15) is 5.11 Å². The standard InChI is InChI=1S/C15H21BrN2O/c16-14-7-12(8-17-9-14)10-18-6-5-15(19)4-2-1-3-13(15)11-18/h7-9,13,19H,1-6,10-11H2. The molecule has 2 unspecified atom stereocenters. The smallest absolute Gasteiger partial charge is 0.0700 e. The summed E-state index contributed by atoms with van der Waals surface area (Å²) in [6.45, 7) is 2.97. The molecule has 1 aromatic rings. The molecule has 1 saturated carbocycles. The average Bonchev–Trinajstić information content (AvgIpc) is 2.39. The van der Waals surface area contributed by atoms with E-state index in [0.717, 1.165) is 36.9 Å². The molecule has 0 spiro atoms. The molecule has 104 valence electrons. The molecule has 3 rings (SSSR count). The van der Waals surface area contributed by atoms with Crippen LogP contribution in [0.5, 0.6) is 0 Å². The zero-order chi connectivity index (χ0) is 13.3. The molecular formula is C15H21BrN2O. The minimum Gasteiger partial charge on any atom is -0.390 e. The first-order chi connectivity index (χ1) is 9.16. The molecule has 0 bridgehead atoms. The number of fused-ring (bicyclic) bond motifs is 1. The van der Waals surface area contributed by atoms with Gasteiger partial charge in [0, 0.05) is 42.4 Å². The van der Waals surface area contributed by atoms with Gasteiger partial charge >= 0.3 is 0 Å². The van der Waals surface area contributed by atoms with Gasteiger partial charge in [-0.05, 0) is 46.8 Å². The predicted octanol–water partition coefficient (Wildman–Crippen LogP) is 2.97. The summed E-state index contributed by atoms with van der Waals surface area (Å²) < 4.78 is 1.04. The van der Waals surface area contributed by atoms with Crippen LogP contribution in [0.2, 0.25) is 0 Å². The maximum Gasteiger partial charge on any atom is 0.0700 e. The van der Waals surface area contributed by atoms with Crippen LogP contribution in [0.25, 0.3) is 0 Å². The summed E-state index contributed by atoms with van der Waals surface area (Å²) in [6.07, 6.45) is 9.35. The van der Waals surface area contributed by atoms with Gasteiger partial charge in [0.25, 0.3) is 0 Å². The Balaban J connectivity index is 1.65. The minimum absolute atomic E-state index is 0.371. The topological polar surface area (TPSA) is 36.4 Å². The van der Waals surface area contributed by atoms with Crippen molar-refractivity contribution in [2.75, 3.05) is 13.1 Å². The van der Waals surface area contributed by atoms with E-state index in [4.69, 9.17) is 0 Å². The first-order valence-corrected chi connectivity index (χ1v) is 7.99. The van der Waals surface area contributed by atoms with E-state index in [1.807, 2.05) is 12.4 Å². The Kier molecular flexibility index (Phi) is 3.92. The van der Waals surface area contributed by atoms with E-state index in [1.54, 1.807) is 0 Å². The number of hydrogen-bond acceptors (Lipinski definition) is 3. The number of rotatable bonds is 2. The monoisotopic (exact) mass is 324 g/mol. The number of hydrogen-bond donors (Lipinski definition) is 1. The van der Waals surface area contributed by atoms with Crippen molar-refractivity contribution in [3.63, 3.8) is 0 Å². The minimum atomic E-state index is -0.371. The van der Waals surface area contributed by atoms with Crippen molar-refractivity contribution < 1.29 is 5.11 Å². The lowest BCUT2D eigenvalue weighted by Gasteiger charge is -2.47. The molecule has 4 heteroatoms. The van der Waals surface area contributed by atoms with Gasteiger partial charge in [0.2, 0.25) is 0 Å². The van der Waals surface area contributed by atoms with Gasteiger partial charge in [0.1, 0.15) is 0 Å². The fraction of sp³-hybridized carbons (Fsp3) is 0.667. The summed E-state index contributed by atoms with van der Waals surface area (Å²) in [4.78, 5) is 6.69. The van der Waals surface area contributed by atoms with Gasteiger partial charge in [0.05, 0.1) is 5.60 Å². The van der Waals surface area contributed by atoms with Crippen LogP contribution in [0.1, 0.15) is 37.7 Å². The number of likely N-dealkylation sites (tertiary alicyclic amines) is 1. The highest BCUT2D eigenvalue weighted by molar-refractivity contribution is 9.10. The molecule has 1 aliphatic carbocycles. The van der Waals surface area contributed by atoms with Crippen LogP contribution < -0.4 is 0 Å². The first-order valence-electron chi connectivity index (χ1n) is 7.20. The fourth-order valence-corrected chi connectivity index (χ4v) is 4.00. The van der Waals surface area contributed by atoms with E-state index in [0.29, 0.717) is 5.92 Å². The summed E-state index contributed by atoms with van der Waals surface area (Å²) in [5.74, 6) is 0.468. The van der Waals surface area contributed by atoms with Crippen LogP contribution in [0.4, 0.5) is 0 Å². The quantitative estimate of drug-likeness (QED) is 0.908. The lowest BCUT2D eigenvalue weighted by atomic mass is 9.71. The van der Waals surface area contributed by atoms with Crippen molar-refractivity contribution in [3.8, 4) is 0 Å². The SMILES string of the molecule is OC12CCCCC1CN(Cc1cncc(Br)c1)CC2. The Labute approximate surface area is 123 Å². The Bertz CT molecular complexity index is 454. The van der Waals surface area contributed by atoms with E-state index in [1.165, 1.54) is 24.8 Å². The average molecular weight is 325 g/mol. The molecule has 2 fully saturated rings. The molecule has 1 N–H and O–H groups in total. The van der Waals surface area contributed by atoms with E-state index < -0.39 is 0 Å². The van der Waals surface area contributed by atoms with Crippen molar-refractivity contribution in [2.24, 2.45) is 5.92 Å². The van der Waals surface area contributed by atoms with Crippen LogP contribution in [0.3, 0.4) is 0 Å². The van der Waals surface area contributed by atoms with Gasteiger partial charge in [-0.3, -0.25) is 9.88 Å². The molecule has 2 atom stereocenters. The summed E-state index contributed by atoms with van der Waals surface area (Å²) in [5.41, 5.74) is 0.875. The maximum absolute atomic E-state index is 10.7. The number of nitrogens with zero attached hydrogens (tertiary/aromatic N) is 2. The van der Waals surface area contributed by atoms with Crippen molar-refractivity contribution in [3.05, 3.63) is 28.5 Å². The van der Waals surface area contributed by atoms with Crippen LogP contribution in [0.15, 0.2) is 22.9 Å². The summed E-state index contributed by atoms with van der Waals surface area (Å²) >= 11 is 3.47. The van der Waals surface area contributed by atoms with E-state index in [2.05, 4.69) is 31.9 Å². The molecule has 0 amide bonds. The summed E-state index contributed by atoms with van der Waals surface area (Å²) in [6, 6.07) is 2.13. The Morgan fingerprint density at radius 2 is 2.26 bits per heavy atom. The molecule has 3 nitrogen and oxygen atoms in total. The van der Waals surface area contributed by atoms with Crippen LogP contribution in [0, 0.1) is 5.92 Å². The predicted molar refractivity (Wildman–Crippen MR) is 78.7 cm³/mol. The van der Waals surface area contributed by atoms with Gasteiger partial charge < -0.3 is 5.11 Å². The molecule has 1 aliphatic heterocycles. The Morgan fingerprint density at radius 3 is 3.11 bits per heavy atom. The third-order valence-electron chi connectivity index (χ3n) is 4.68. The third kappa shape index (κ3) is 3.01. The summed E-state index contributed by atoms with van der Waals surface area (Å²) in [5, 5.41) is 10.7. The number of piperidine rings is 1. The van der Waals surface area contributed by atoms with Crippen LogP contribution in [-0.4, -0.2) is 33.7 Å². The van der Waals surface area contributed by atoms with Crippen molar-refractivity contribution >= 4 is 15.9 Å². The van der Waals surface area contributed by atoms with Crippen molar-refractivity contribution in [1.29, 1.82) is 0 Å². The zero-order valence-electron chi connectivity index (χ0n) is 11.2. The number of pyridine rings is 1. The summed E-state index contributed by atoms with van der Waals surface area (Å²) in [7, 11) is 0. The second-order valence-corrected chi connectivity index (χ2v) is 6.96. The second-order valence-electron chi connectivity index (χ2n) is 6.04. The molecule has 2 aliphatic rings. The molecule has 19 heavy (non-hydrogen) atoms. The van der Waals surface area contributed by atoms with Crippen molar-refractivity contribution in [2.45, 2.75) is 44.2 Å². The lowest BCUT2D eigenvalue weighted by Crippen LogP contribution is -2.52. The highest BCUT2D eigenvalue weighted by atomic mass is 79.9. The molecule has 0 radical (unpaired) electrons. The third-order valence-corrected chi connectivity index (χ3v) is 5.11. The van der Waals surface area contributed by atoms with Gasteiger partial charge in [-0.2, -0.15) is 0 Å². The van der Waals surface area contributed by atoms with E-state index in [-0.39, 0.29) is 5.60 Å². The van der Waals surface area contributed by atoms with E-state index >= 15 is 0 Å². The number of halogens is 1. The van der Waals surface area contributed by atoms with Gasteiger partial charge in [-0.15, -0.1) is 0 Å². The normalized spacial score (nSPS) is 32.0. The molecule has 2 heterocycles. The second kappa shape index (κ2) is 5.51. The number of aromatic nitrogens is 1. The van der Waals surface area contributed by atoms with Crippen LogP contribution >= 0.6 is 15.9 Å². The van der Waals surface area contributed by atoms with Crippen LogP contribution in [-0.2, 0) is 6.54 Å². The Hall–Kier alpha value is -0.450. The lowest BCUT2D eigenvalue weighted by molar-refractivity contribution is -0.0968. The van der Waals surface area contributed by atoms with Gasteiger partial charge in [0.15, 0.2) is 0 Å². The largest absolute Gasteiger partial charge is 0.390 e. The fourth-order valence-electron chi connectivity index (χ4n) is 3.58.